The molecule has 0 fully saturated rings. The number of benzene rings is 2. The first-order chi connectivity index (χ1) is 11.8. The number of furan rings is 1. The second-order valence-electron chi connectivity index (χ2n) is 4.98. The Labute approximate surface area is 139 Å². The van der Waals surface area contributed by atoms with E-state index in [4.69, 9.17) is 9.15 Å². The molecule has 1 N–H and O–H groups in total. The Morgan fingerprint density at radius 2 is 1.79 bits per heavy atom. The quantitative estimate of drug-likeness (QED) is 0.435. The van der Waals surface area contributed by atoms with Crippen molar-refractivity contribution in [3.63, 3.8) is 0 Å². The number of hydrogen-bond donors (Lipinski definition) is 1. The van der Waals surface area contributed by atoms with Crippen molar-refractivity contribution in [2.45, 2.75) is 0 Å². The summed E-state index contributed by atoms with van der Waals surface area (Å²) in [7, 11) is 1.36. The number of hydrazone groups is 1. The zero-order chi connectivity index (χ0) is 16.8. The van der Waals surface area contributed by atoms with E-state index in [0.717, 1.165) is 5.69 Å². The van der Waals surface area contributed by atoms with Gasteiger partial charge in [-0.25, -0.2) is 4.79 Å². The van der Waals surface area contributed by atoms with Gasteiger partial charge in [0.15, 0.2) is 0 Å². The van der Waals surface area contributed by atoms with Crippen LogP contribution in [0.25, 0.3) is 11.3 Å². The molecular weight excluding hydrogens is 304 g/mol. The molecular formula is C19H16N2O3. The van der Waals surface area contributed by atoms with Crippen LogP contribution in [0.1, 0.15) is 16.1 Å². The fraction of sp³-hybridized carbons (Fsp3) is 0.0526. The van der Waals surface area contributed by atoms with E-state index in [1.165, 1.54) is 7.11 Å². The molecule has 0 radical (unpaired) electrons. The summed E-state index contributed by atoms with van der Waals surface area (Å²) < 4.78 is 10.5. The molecule has 0 aliphatic carbocycles. The first kappa shape index (κ1) is 15.6. The average molecular weight is 320 g/mol. The molecule has 3 aromatic rings. The van der Waals surface area contributed by atoms with Crippen LogP contribution in [0.3, 0.4) is 0 Å². The number of nitrogens with zero attached hydrogens (tertiary/aromatic N) is 1. The van der Waals surface area contributed by atoms with Gasteiger partial charge in [-0.2, -0.15) is 5.10 Å². The molecule has 2 aromatic carbocycles. The van der Waals surface area contributed by atoms with Gasteiger partial charge in [-0.3, -0.25) is 5.43 Å². The van der Waals surface area contributed by atoms with Crippen molar-refractivity contribution >= 4 is 17.9 Å². The van der Waals surface area contributed by atoms with Crippen LogP contribution in [0.15, 0.2) is 76.2 Å². The molecule has 5 heteroatoms. The van der Waals surface area contributed by atoms with Crippen molar-refractivity contribution in [3.05, 3.63) is 78.1 Å². The number of ether oxygens (including phenoxy) is 1. The molecule has 0 saturated heterocycles. The molecule has 1 aromatic heterocycles. The highest BCUT2D eigenvalue weighted by molar-refractivity contribution is 5.96. The highest BCUT2D eigenvalue weighted by Crippen LogP contribution is 2.26. The SMILES string of the molecule is COC(=O)c1ccccc1-c1ccc(/C=N\Nc2ccccc2)o1. The Hall–Kier alpha value is -3.34. The summed E-state index contributed by atoms with van der Waals surface area (Å²) in [5, 5.41) is 4.13. The topological polar surface area (TPSA) is 63.8 Å². The van der Waals surface area contributed by atoms with Crippen LogP contribution in [0.2, 0.25) is 0 Å². The lowest BCUT2D eigenvalue weighted by molar-refractivity contribution is 0.0601. The molecule has 0 bridgehead atoms. The van der Waals surface area contributed by atoms with Gasteiger partial charge < -0.3 is 9.15 Å². The van der Waals surface area contributed by atoms with Crippen molar-refractivity contribution in [1.29, 1.82) is 0 Å². The normalized spacial score (nSPS) is 10.7. The highest BCUT2D eigenvalue weighted by Gasteiger charge is 2.14. The number of rotatable bonds is 5. The van der Waals surface area contributed by atoms with Crippen LogP contribution in [-0.2, 0) is 4.74 Å². The van der Waals surface area contributed by atoms with E-state index in [-0.39, 0.29) is 0 Å². The van der Waals surface area contributed by atoms with Crippen molar-refractivity contribution in [2.24, 2.45) is 5.10 Å². The Balaban J connectivity index is 1.78. The van der Waals surface area contributed by atoms with Gasteiger partial charge in [0.25, 0.3) is 0 Å². The molecule has 5 nitrogen and oxygen atoms in total. The summed E-state index contributed by atoms with van der Waals surface area (Å²) in [6.07, 6.45) is 1.58. The molecule has 0 amide bonds. The Kier molecular flexibility index (Phi) is 4.72. The van der Waals surface area contributed by atoms with E-state index >= 15 is 0 Å². The van der Waals surface area contributed by atoms with E-state index in [1.54, 1.807) is 30.5 Å². The number of methoxy groups -OCH3 is 1. The van der Waals surface area contributed by atoms with E-state index in [9.17, 15) is 4.79 Å². The van der Waals surface area contributed by atoms with Crippen LogP contribution in [0.5, 0.6) is 0 Å². The maximum atomic E-state index is 11.8. The van der Waals surface area contributed by atoms with Gasteiger partial charge in [0.2, 0.25) is 0 Å². The fourth-order valence-corrected chi connectivity index (χ4v) is 2.24. The number of hydrogen-bond acceptors (Lipinski definition) is 5. The molecule has 120 valence electrons. The van der Waals surface area contributed by atoms with E-state index < -0.39 is 5.97 Å². The average Bonchev–Trinajstić information content (AvgIpc) is 3.11. The van der Waals surface area contributed by atoms with E-state index in [2.05, 4.69) is 10.5 Å². The molecule has 1 heterocycles. The molecule has 0 atom stereocenters. The lowest BCUT2D eigenvalue weighted by atomic mass is 10.1. The third-order valence-corrected chi connectivity index (χ3v) is 3.38. The summed E-state index contributed by atoms with van der Waals surface area (Å²) in [4.78, 5) is 11.8. The summed E-state index contributed by atoms with van der Waals surface area (Å²) in [5.41, 5.74) is 4.94. The maximum Gasteiger partial charge on any atom is 0.338 e. The maximum absolute atomic E-state index is 11.8. The number of carbonyl (C=O) groups is 1. The number of carbonyl (C=O) groups excluding carboxylic acids is 1. The predicted octanol–water partition coefficient (Wildman–Crippen LogP) is 4.18. The van der Waals surface area contributed by atoms with Crippen molar-refractivity contribution in [1.82, 2.24) is 0 Å². The second-order valence-corrected chi connectivity index (χ2v) is 4.98. The van der Waals surface area contributed by atoms with Gasteiger partial charge >= 0.3 is 5.97 Å². The smallest absolute Gasteiger partial charge is 0.338 e. The van der Waals surface area contributed by atoms with Crippen LogP contribution in [0.4, 0.5) is 5.69 Å². The molecule has 0 saturated carbocycles. The number of para-hydroxylation sites is 1. The summed E-state index contributed by atoms with van der Waals surface area (Å²) in [6.45, 7) is 0. The van der Waals surface area contributed by atoms with Gasteiger partial charge in [-0.05, 0) is 30.3 Å². The highest BCUT2D eigenvalue weighted by atomic mass is 16.5. The second kappa shape index (κ2) is 7.28. The molecule has 3 rings (SSSR count). The summed E-state index contributed by atoms with van der Waals surface area (Å²) in [5.74, 6) is 0.758. The van der Waals surface area contributed by atoms with Crippen molar-refractivity contribution in [2.75, 3.05) is 12.5 Å². The lowest BCUT2D eigenvalue weighted by Gasteiger charge is -2.04. The zero-order valence-electron chi connectivity index (χ0n) is 13.1. The first-order valence-electron chi connectivity index (χ1n) is 7.39. The molecule has 24 heavy (non-hydrogen) atoms. The zero-order valence-corrected chi connectivity index (χ0v) is 13.1. The Bertz CT molecular complexity index is 854. The Morgan fingerprint density at radius 3 is 2.58 bits per heavy atom. The molecule has 0 aliphatic heterocycles. The molecule has 0 aliphatic rings. The first-order valence-corrected chi connectivity index (χ1v) is 7.39. The third-order valence-electron chi connectivity index (χ3n) is 3.38. The van der Waals surface area contributed by atoms with Gasteiger partial charge in [-0.1, -0.05) is 36.4 Å². The van der Waals surface area contributed by atoms with Crippen molar-refractivity contribution in [3.8, 4) is 11.3 Å². The van der Waals surface area contributed by atoms with E-state index in [1.807, 2.05) is 42.5 Å². The summed E-state index contributed by atoms with van der Waals surface area (Å²) in [6, 6.07) is 20.3. The minimum Gasteiger partial charge on any atom is -0.465 e. The van der Waals surface area contributed by atoms with Crippen LogP contribution >= 0.6 is 0 Å². The lowest BCUT2D eigenvalue weighted by Crippen LogP contribution is -2.02. The van der Waals surface area contributed by atoms with Crippen molar-refractivity contribution < 1.29 is 13.9 Å². The number of anilines is 1. The minimum atomic E-state index is -0.400. The number of esters is 1. The Morgan fingerprint density at radius 1 is 1.04 bits per heavy atom. The van der Waals surface area contributed by atoms with Crippen LogP contribution in [-0.4, -0.2) is 19.3 Å². The van der Waals surface area contributed by atoms with Gasteiger partial charge in [0.05, 0.1) is 24.6 Å². The van der Waals surface area contributed by atoms with Crippen LogP contribution in [0, 0.1) is 0 Å². The van der Waals surface area contributed by atoms with Gasteiger partial charge in [0, 0.05) is 5.56 Å². The van der Waals surface area contributed by atoms with Crippen LogP contribution < -0.4 is 5.43 Å². The fourth-order valence-electron chi connectivity index (χ4n) is 2.24. The molecule has 0 unspecified atom stereocenters. The van der Waals surface area contributed by atoms with E-state index in [0.29, 0.717) is 22.6 Å². The summed E-state index contributed by atoms with van der Waals surface area (Å²) >= 11 is 0. The predicted molar refractivity (Wildman–Crippen MR) is 93.1 cm³/mol. The standard InChI is InChI=1S/C19H16N2O3/c1-23-19(22)17-10-6-5-9-16(17)18-12-11-15(24-18)13-20-21-14-7-3-2-4-8-14/h2-13,21H,1H3/b20-13-. The minimum absolute atomic E-state index is 0.400. The van der Waals surface area contributed by atoms with Gasteiger partial charge in [-0.15, -0.1) is 0 Å². The van der Waals surface area contributed by atoms with Gasteiger partial charge in [0.1, 0.15) is 11.5 Å². The largest absolute Gasteiger partial charge is 0.465 e. The third kappa shape index (κ3) is 3.52. The number of nitrogens with one attached hydrogen (secondary N) is 1. The molecule has 0 spiro atoms. The monoisotopic (exact) mass is 320 g/mol.